The van der Waals surface area contributed by atoms with Crippen molar-refractivity contribution in [3.8, 4) is 5.75 Å². The highest BCUT2D eigenvalue weighted by Crippen LogP contribution is 2.27. The maximum absolute atomic E-state index is 12.5. The molecule has 0 spiro atoms. The smallest absolute Gasteiger partial charge is 0.245 e. The van der Waals surface area contributed by atoms with Crippen LogP contribution in [0.3, 0.4) is 0 Å². The van der Waals surface area contributed by atoms with Gasteiger partial charge in [-0.05, 0) is 36.4 Å². The monoisotopic (exact) mass is 424 g/mol. The van der Waals surface area contributed by atoms with Gasteiger partial charge in [-0.1, -0.05) is 23.5 Å². The molecule has 0 radical (unpaired) electrons. The molecule has 1 aliphatic rings. The Hall–Kier alpha value is -3.46. The Morgan fingerprint density at radius 1 is 1.20 bits per heavy atom. The topological polar surface area (TPSA) is 101 Å². The Morgan fingerprint density at radius 3 is 2.70 bits per heavy atom. The fourth-order valence-electron chi connectivity index (χ4n) is 3.30. The second kappa shape index (κ2) is 8.50. The molecule has 1 atom stereocenters. The third-order valence-electron chi connectivity index (χ3n) is 4.84. The van der Waals surface area contributed by atoms with Crippen molar-refractivity contribution in [3.05, 3.63) is 48.5 Å². The van der Waals surface area contributed by atoms with Gasteiger partial charge in [-0.15, -0.1) is 0 Å². The number of rotatable bonds is 6. The van der Waals surface area contributed by atoms with Crippen LogP contribution in [0.25, 0.3) is 10.2 Å². The van der Waals surface area contributed by atoms with Crippen LogP contribution in [-0.4, -0.2) is 42.9 Å². The molecule has 1 aromatic heterocycles. The van der Waals surface area contributed by atoms with Crippen LogP contribution in [0.15, 0.2) is 48.5 Å². The fourth-order valence-corrected chi connectivity index (χ4v) is 4.18. The van der Waals surface area contributed by atoms with E-state index in [0.717, 1.165) is 10.2 Å². The minimum absolute atomic E-state index is 0.108. The number of hydrogen-bond acceptors (Lipinski definition) is 6. The van der Waals surface area contributed by atoms with E-state index in [1.807, 2.05) is 24.3 Å². The zero-order valence-electron chi connectivity index (χ0n) is 16.3. The van der Waals surface area contributed by atoms with E-state index in [9.17, 15) is 14.4 Å². The Morgan fingerprint density at radius 2 is 1.97 bits per heavy atom. The van der Waals surface area contributed by atoms with Gasteiger partial charge in [0, 0.05) is 18.7 Å². The fraction of sp³-hybridized carbons (Fsp3) is 0.238. The molecule has 0 aliphatic carbocycles. The summed E-state index contributed by atoms with van der Waals surface area (Å²) in [6, 6.07) is 14.7. The van der Waals surface area contributed by atoms with Crippen molar-refractivity contribution in [3.63, 3.8) is 0 Å². The molecule has 9 heteroatoms. The van der Waals surface area contributed by atoms with Crippen molar-refractivity contribution in [2.24, 2.45) is 5.92 Å². The zero-order chi connectivity index (χ0) is 21.1. The van der Waals surface area contributed by atoms with Gasteiger partial charge in [-0.3, -0.25) is 14.4 Å². The quantitative estimate of drug-likeness (QED) is 0.633. The summed E-state index contributed by atoms with van der Waals surface area (Å²) in [5.74, 6) is -0.620. The van der Waals surface area contributed by atoms with E-state index in [2.05, 4.69) is 15.6 Å². The normalized spacial score (nSPS) is 16.0. The third-order valence-corrected chi connectivity index (χ3v) is 5.80. The molecule has 1 saturated heterocycles. The first-order valence-corrected chi connectivity index (χ1v) is 10.2. The van der Waals surface area contributed by atoms with Crippen LogP contribution < -0.4 is 20.3 Å². The molecule has 4 rings (SSSR count). The summed E-state index contributed by atoms with van der Waals surface area (Å²) in [4.78, 5) is 42.9. The van der Waals surface area contributed by atoms with Crippen molar-refractivity contribution in [1.82, 2.24) is 10.3 Å². The number of aromatic nitrogens is 1. The van der Waals surface area contributed by atoms with Gasteiger partial charge in [0.1, 0.15) is 5.75 Å². The van der Waals surface area contributed by atoms with Gasteiger partial charge in [0.2, 0.25) is 17.7 Å². The van der Waals surface area contributed by atoms with Crippen LogP contribution in [0.5, 0.6) is 5.75 Å². The zero-order valence-corrected chi connectivity index (χ0v) is 17.1. The number of nitrogens with zero attached hydrogens (tertiary/aromatic N) is 2. The summed E-state index contributed by atoms with van der Waals surface area (Å²) in [7, 11) is 1.57. The average molecular weight is 424 g/mol. The van der Waals surface area contributed by atoms with Gasteiger partial charge in [0.15, 0.2) is 5.13 Å². The lowest BCUT2D eigenvalue weighted by Gasteiger charge is -2.17. The SMILES string of the molecule is COc1ccc(N2C[C@H](C(=O)NCC(=O)Nc3nc4ccccc4s3)CC2=O)cc1. The molecule has 2 heterocycles. The van der Waals surface area contributed by atoms with Crippen LogP contribution in [-0.2, 0) is 14.4 Å². The second-order valence-corrected chi connectivity index (χ2v) is 7.89. The van der Waals surface area contributed by atoms with Gasteiger partial charge in [0.25, 0.3) is 0 Å². The second-order valence-electron chi connectivity index (χ2n) is 6.86. The number of fused-ring (bicyclic) bond motifs is 1. The lowest BCUT2D eigenvalue weighted by molar-refractivity contribution is -0.127. The van der Waals surface area contributed by atoms with Crippen LogP contribution in [0.4, 0.5) is 10.8 Å². The number of ether oxygens (including phenoxy) is 1. The largest absolute Gasteiger partial charge is 0.497 e. The van der Waals surface area contributed by atoms with Crippen LogP contribution in [0.1, 0.15) is 6.42 Å². The van der Waals surface area contributed by atoms with E-state index in [1.54, 1.807) is 36.3 Å². The molecule has 8 nitrogen and oxygen atoms in total. The molecular weight excluding hydrogens is 404 g/mol. The van der Waals surface area contributed by atoms with Crippen molar-refractivity contribution < 1.29 is 19.1 Å². The number of carbonyl (C=O) groups excluding carboxylic acids is 3. The van der Waals surface area contributed by atoms with E-state index in [4.69, 9.17) is 4.74 Å². The first-order valence-electron chi connectivity index (χ1n) is 9.41. The average Bonchev–Trinajstić information content (AvgIpc) is 3.35. The maximum Gasteiger partial charge on any atom is 0.245 e. The van der Waals surface area contributed by atoms with Crippen molar-refractivity contribution in [1.29, 1.82) is 0 Å². The summed E-state index contributed by atoms with van der Waals surface area (Å²) in [6.07, 6.45) is 0.108. The predicted molar refractivity (Wildman–Crippen MR) is 115 cm³/mol. The molecule has 2 N–H and O–H groups in total. The molecule has 0 unspecified atom stereocenters. The number of methoxy groups -OCH3 is 1. The lowest BCUT2D eigenvalue weighted by Crippen LogP contribution is -2.37. The summed E-state index contributed by atoms with van der Waals surface area (Å²) in [5, 5.41) is 5.80. The number of anilines is 2. The summed E-state index contributed by atoms with van der Waals surface area (Å²) in [5.41, 5.74) is 1.52. The van der Waals surface area contributed by atoms with E-state index < -0.39 is 5.92 Å². The first kappa shape index (κ1) is 19.8. The summed E-state index contributed by atoms with van der Waals surface area (Å²) in [6.45, 7) is 0.0957. The first-order chi connectivity index (χ1) is 14.5. The van der Waals surface area contributed by atoms with Crippen LogP contribution >= 0.6 is 11.3 Å². The maximum atomic E-state index is 12.5. The number of para-hydroxylation sites is 1. The lowest BCUT2D eigenvalue weighted by atomic mass is 10.1. The highest BCUT2D eigenvalue weighted by Gasteiger charge is 2.35. The molecule has 2 aromatic carbocycles. The molecule has 0 saturated carbocycles. The van der Waals surface area contributed by atoms with Crippen molar-refractivity contribution >= 4 is 50.1 Å². The molecule has 3 aromatic rings. The summed E-state index contributed by atoms with van der Waals surface area (Å²) < 4.78 is 6.10. The Kier molecular flexibility index (Phi) is 5.62. The number of amides is 3. The molecule has 1 fully saturated rings. The summed E-state index contributed by atoms with van der Waals surface area (Å²) >= 11 is 1.37. The molecule has 1 aliphatic heterocycles. The van der Waals surface area contributed by atoms with E-state index >= 15 is 0 Å². The van der Waals surface area contributed by atoms with Gasteiger partial charge >= 0.3 is 0 Å². The van der Waals surface area contributed by atoms with E-state index in [1.165, 1.54) is 11.3 Å². The van der Waals surface area contributed by atoms with Gasteiger partial charge in [0.05, 0.1) is 29.8 Å². The van der Waals surface area contributed by atoms with Gasteiger partial charge in [-0.25, -0.2) is 4.98 Å². The van der Waals surface area contributed by atoms with E-state index in [-0.39, 0.29) is 37.2 Å². The minimum atomic E-state index is -0.505. The molecule has 30 heavy (non-hydrogen) atoms. The standard InChI is InChI=1S/C21H20N4O4S/c1-29-15-8-6-14(7-9-15)25-12-13(10-19(25)27)20(28)22-11-18(26)24-21-23-16-4-2-3-5-17(16)30-21/h2-9,13H,10-12H2,1H3,(H,22,28)(H,23,24,26)/t13-/m1/s1. The molecular formula is C21H20N4O4S. The Bertz CT molecular complexity index is 1060. The number of nitrogens with one attached hydrogen (secondary N) is 2. The Labute approximate surface area is 176 Å². The number of thiazole rings is 1. The third kappa shape index (κ3) is 4.25. The molecule has 154 valence electrons. The number of benzene rings is 2. The highest BCUT2D eigenvalue weighted by molar-refractivity contribution is 7.22. The number of carbonyl (C=O) groups is 3. The highest BCUT2D eigenvalue weighted by atomic mass is 32.1. The number of hydrogen-bond donors (Lipinski definition) is 2. The van der Waals surface area contributed by atoms with Crippen molar-refractivity contribution in [2.75, 3.05) is 30.4 Å². The van der Waals surface area contributed by atoms with E-state index in [0.29, 0.717) is 16.6 Å². The van der Waals surface area contributed by atoms with Crippen LogP contribution in [0.2, 0.25) is 0 Å². The van der Waals surface area contributed by atoms with Gasteiger partial charge in [-0.2, -0.15) is 0 Å². The molecule has 3 amide bonds. The minimum Gasteiger partial charge on any atom is -0.497 e. The molecule has 0 bridgehead atoms. The van der Waals surface area contributed by atoms with Gasteiger partial charge < -0.3 is 20.3 Å². The predicted octanol–water partition coefficient (Wildman–Crippen LogP) is 2.41. The Balaban J connectivity index is 1.30. The van der Waals surface area contributed by atoms with Crippen molar-refractivity contribution in [2.45, 2.75) is 6.42 Å². The van der Waals surface area contributed by atoms with Crippen LogP contribution in [0, 0.1) is 5.92 Å².